The van der Waals surface area contributed by atoms with Gasteiger partial charge < -0.3 is 15.8 Å². The highest BCUT2D eigenvalue weighted by Gasteiger charge is 2.23. The predicted molar refractivity (Wildman–Crippen MR) is 68.6 cm³/mol. The number of nitrogens with two attached hydrogens (primary N) is 1. The van der Waals surface area contributed by atoms with E-state index in [-0.39, 0.29) is 11.9 Å². The number of nitrogens with one attached hydrogen (secondary N) is 1. The van der Waals surface area contributed by atoms with Crippen molar-refractivity contribution in [3.63, 3.8) is 0 Å². The molecule has 0 heterocycles. The molecule has 0 radical (unpaired) electrons. The van der Waals surface area contributed by atoms with E-state index >= 15 is 0 Å². The van der Waals surface area contributed by atoms with Crippen LogP contribution in [0.4, 0.5) is 0 Å². The lowest BCUT2D eigenvalue weighted by molar-refractivity contribution is -0.123. The number of methoxy groups -OCH3 is 1. The molecule has 0 aromatic carbocycles. The van der Waals surface area contributed by atoms with Crippen LogP contribution in [0, 0.1) is 5.92 Å². The zero-order valence-corrected chi connectivity index (χ0v) is 11.1. The van der Waals surface area contributed by atoms with Crippen LogP contribution in [0.1, 0.15) is 45.4 Å². The summed E-state index contributed by atoms with van der Waals surface area (Å²) < 4.78 is 4.92. The van der Waals surface area contributed by atoms with Gasteiger partial charge in [0.25, 0.3) is 0 Å². The molecule has 0 saturated heterocycles. The smallest absolute Gasteiger partial charge is 0.237 e. The maximum absolute atomic E-state index is 11.8. The molecule has 0 aromatic rings. The van der Waals surface area contributed by atoms with Crippen molar-refractivity contribution in [1.82, 2.24) is 5.32 Å². The van der Waals surface area contributed by atoms with Crippen molar-refractivity contribution in [2.24, 2.45) is 11.7 Å². The monoisotopic (exact) mass is 242 g/mol. The Hall–Kier alpha value is -0.610. The molecule has 3 N–H and O–H groups in total. The van der Waals surface area contributed by atoms with Gasteiger partial charge in [0.1, 0.15) is 0 Å². The Labute approximate surface area is 104 Å². The van der Waals surface area contributed by atoms with Crippen LogP contribution in [0.15, 0.2) is 0 Å². The molecule has 4 nitrogen and oxygen atoms in total. The summed E-state index contributed by atoms with van der Waals surface area (Å²) in [5, 5.41) is 3.04. The zero-order valence-electron chi connectivity index (χ0n) is 11.1. The van der Waals surface area contributed by atoms with Crippen LogP contribution in [-0.2, 0) is 9.53 Å². The minimum absolute atomic E-state index is 0.0416. The fourth-order valence-corrected chi connectivity index (χ4v) is 2.46. The maximum Gasteiger partial charge on any atom is 0.237 e. The van der Waals surface area contributed by atoms with Crippen molar-refractivity contribution >= 4 is 5.91 Å². The lowest BCUT2D eigenvalue weighted by Gasteiger charge is -2.29. The minimum atomic E-state index is -0.444. The van der Waals surface area contributed by atoms with Crippen LogP contribution in [0.2, 0.25) is 0 Å². The van der Waals surface area contributed by atoms with E-state index in [4.69, 9.17) is 10.5 Å². The number of carbonyl (C=O) groups excluding carboxylic acids is 1. The van der Waals surface area contributed by atoms with Crippen LogP contribution in [0.5, 0.6) is 0 Å². The summed E-state index contributed by atoms with van der Waals surface area (Å²) in [6.07, 6.45) is 6.97. The van der Waals surface area contributed by atoms with Crippen LogP contribution < -0.4 is 11.1 Å². The van der Waals surface area contributed by atoms with E-state index in [1.165, 1.54) is 32.1 Å². The van der Waals surface area contributed by atoms with Crippen molar-refractivity contribution in [2.75, 3.05) is 13.7 Å². The summed E-state index contributed by atoms with van der Waals surface area (Å²) in [5.41, 5.74) is 5.79. The largest absolute Gasteiger partial charge is 0.385 e. The van der Waals surface area contributed by atoms with E-state index < -0.39 is 6.04 Å². The normalized spacial score (nSPS) is 20.9. The quantitative estimate of drug-likeness (QED) is 0.740. The summed E-state index contributed by atoms with van der Waals surface area (Å²) in [6, 6.07) is -0.197. The fourth-order valence-electron chi connectivity index (χ4n) is 2.46. The van der Waals surface area contributed by atoms with Crippen molar-refractivity contribution < 1.29 is 9.53 Å². The molecule has 1 aliphatic carbocycles. The molecule has 1 rings (SSSR count). The van der Waals surface area contributed by atoms with Gasteiger partial charge in [-0.25, -0.2) is 0 Å². The second-order valence-corrected chi connectivity index (χ2v) is 5.08. The van der Waals surface area contributed by atoms with Gasteiger partial charge in [-0.3, -0.25) is 4.79 Å². The topological polar surface area (TPSA) is 64.3 Å². The Morgan fingerprint density at radius 2 is 2.06 bits per heavy atom. The molecule has 4 heteroatoms. The number of carbonyl (C=O) groups is 1. The lowest BCUT2D eigenvalue weighted by Crippen LogP contribution is -2.47. The zero-order chi connectivity index (χ0) is 12.7. The molecule has 2 atom stereocenters. The van der Waals surface area contributed by atoms with Crippen molar-refractivity contribution in [1.29, 1.82) is 0 Å². The number of rotatable bonds is 6. The third kappa shape index (κ3) is 5.04. The molecule has 1 fully saturated rings. The highest BCUT2D eigenvalue weighted by atomic mass is 16.5. The van der Waals surface area contributed by atoms with Gasteiger partial charge in [-0.2, -0.15) is 0 Å². The fraction of sp³-hybridized carbons (Fsp3) is 0.923. The molecule has 1 unspecified atom stereocenters. The van der Waals surface area contributed by atoms with Crippen molar-refractivity contribution in [3.8, 4) is 0 Å². The Bertz CT molecular complexity index is 227. The molecule has 1 amide bonds. The van der Waals surface area contributed by atoms with Crippen molar-refractivity contribution in [3.05, 3.63) is 0 Å². The van der Waals surface area contributed by atoms with E-state index in [0.717, 1.165) is 0 Å². The molecule has 0 bridgehead atoms. The van der Waals surface area contributed by atoms with Crippen LogP contribution >= 0.6 is 0 Å². The van der Waals surface area contributed by atoms with Gasteiger partial charge in [-0.15, -0.1) is 0 Å². The Kier molecular flexibility index (Phi) is 6.52. The van der Waals surface area contributed by atoms with Gasteiger partial charge in [0.2, 0.25) is 5.91 Å². The summed E-state index contributed by atoms with van der Waals surface area (Å²) in [7, 11) is 1.62. The first kappa shape index (κ1) is 14.5. The number of hydrogen-bond acceptors (Lipinski definition) is 3. The molecule has 0 spiro atoms. The Morgan fingerprint density at radius 3 is 2.65 bits per heavy atom. The molecule has 1 aliphatic rings. The van der Waals surface area contributed by atoms with E-state index in [2.05, 4.69) is 12.2 Å². The molecule has 100 valence electrons. The highest BCUT2D eigenvalue weighted by molar-refractivity contribution is 5.81. The van der Waals surface area contributed by atoms with E-state index in [1.54, 1.807) is 7.11 Å². The van der Waals surface area contributed by atoms with Crippen molar-refractivity contribution in [2.45, 2.75) is 57.5 Å². The van der Waals surface area contributed by atoms with Gasteiger partial charge in [-0.05, 0) is 32.1 Å². The average molecular weight is 242 g/mol. The SMILES string of the molecule is COCCC(N)C(=O)N[C@H](C)C1CCCCC1. The maximum atomic E-state index is 11.8. The van der Waals surface area contributed by atoms with Crippen LogP contribution in [-0.4, -0.2) is 31.7 Å². The molecule has 17 heavy (non-hydrogen) atoms. The molecular formula is C13H26N2O2. The summed E-state index contributed by atoms with van der Waals surface area (Å²) in [4.78, 5) is 11.8. The first-order valence-electron chi connectivity index (χ1n) is 6.70. The van der Waals surface area contributed by atoms with E-state index in [1.807, 2.05) is 0 Å². The first-order valence-corrected chi connectivity index (χ1v) is 6.70. The van der Waals surface area contributed by atoms with Crippen LogP contribution in [0.25, 0.3) is 0 Å². The predicted octanol–water partition coefficient (Wildman–Crippen LogP) is 1.44. The molecule has 0 aliphatic heterocycles. The Morgan fingerprint density at radius 1 is 1.41 bits per heavy atom. The van der Waals surface area contributed by atoms with E-state index in [0.29, 0.717) is 18.9 Å². The molecule has 1 saturated carbocycles. The molecular weight excluding hydrogens is 216 g/mol. The number of amides is 1. The first-order chi connectivity index (χ1) is 8.15. The highest BCUT2D eigenvalue weighted by Crippen LogP contribution is 2.26. The summed E-state index contributed by atoms with van der Waals surface area (Å²) in [5.74, 6) is 0.586. The van der Waals surface area contributed by atoms with Gasteiger partial charge in [0, 0.05) is 19.8 Å². The van der Waals surface area contributed by atoms with Gasteiger partial charge in [-0.1, -0.05) is 19.3 Å². The summed E-state index contributed by atoms with van der Waals surface area (Å²) in [6.45, 7) is 2.63. The number of hydrogen-bond donors (Lipinski definition) is 2. The third-order valence-corrected chi connectivity index (χ3v) is 3.70. The third-order valence-electron chi connectivity index (χ3n) is 3.70. The van der Waals surface area contributed by atoms with Gasteiger partial charge >= 0.3 is 0 Å². The standard InChI is InChI=1S/C13H26N2O2/c1-10(11-6-4-3-5-7-11)15-13(16)12(14)8-9-17-2/h10-12H,3-9,14H2,1-2H3,(H,15,16)/t10-,12?/m1/s1. The second-order valence-electron chi connectivity index (χ2n) is 5.08. The second kappa shape index (κ2) is 7.67. The van der Waals surface area contributed by atoms with Gasteiger partial charge in [0.15, 0.2) is 0 Å². The van der Waals surface area contributed by atoms with Crippen LogP contribution in [0.3, 0.4) is 0 Å². The molecule has 0 aromatic heterocycles. The van der Waals surface area contributed by atoms with E-state index in [9.17, 15) is 4.79 Å². The Balaban J connectivity index is 2.28. The minimum Gasteiger partial charge on any atom is -0.385 e. The average Bonchev–Trinajstić information content (AvgIpc) is 2.36. The summed E-state index contributed by atoms with van der Waals surface area (Å²) >= 11 is 0. The van der Waals surface area contributed by atoms with Gasteiger partial charge in [0.05, 0.1) is 6.04 Å². The number of ether oxygens (including phenoxy) is 1. The lowest BCUT2D eigenvalue weighted by atomic mass is 9.84.